The fourth-order valence-electron chi connectivity index (χ4n) is 2.80. The van der Waals surface area contributed by atoms with Crippen molar-refractivity contribution >= 4 is 34.5 Å². The minimum atomic E-state index is -0.736. The third-order valence-corrected chi connectivity index (χ3v) is 8.62. The van der Waals surface area contributed by atoms with Gasteiger partial charge in [0, 0.05) is 0 Å². The molecule has 3 heteroatoms. The van der Waals surface area contributed by atoms with E-state index in [1.54, 1.807) is 0 Å². The fourth-order valence-corrected chi connectivity index (χ4v) is 5.22. The van der Waals surface area contributed by atoms with E-state index in [4.69, 9.17) is 4.43 Å². The van der Waals surface area contributed by atoms with Crippen molar-refractivity contribution in [2.45, 2.75) is 52.3 Å². The standard InChI is InChI=1S/C22H32OSi2/c1-7-22(4,8-2)23-24-20-11-9-10-19(16-20)17(3)18-12-14-21(15-13-18)25(5)6/h9-16,25H,3,7-8,24H2,1-2,4-6H3. The summed E-state index contributed by atoms with van der Waals surface area (Å²) in [6, 6.07) is 17.7. The maximum atomic E-state index is 6.31. The summed E-state index contributed by atoms with van der Waals surface area (Å²) in [6.45, 7) is 15.7. The van der Waals surface area contributed by atoms with Gasteiger partial charge in [-0.1, -0.05) is 87.2 Å². The predicted octanol–water partition coefficient (Wildman–Crippen LogP) is 3.75. The molecule has 0 saturated carbocycles. The summed E-state index contributed by atoms with van der Waals surface area (Å²) < 4.78 is 6.31. The van der Waals surface area contributed by atoms with Gasteiger partial charge in [-0.05, 0) is 41.7 Å². The minimum Gasteiger partial charge on any atom is -0.413 e. The molecule has 0 aliphatic rings. The number of hydrogen-bond donors (Lipinski definition) is 0. The third kappa shape index (κ3) is 5.27. The molecule has 0 aliphatic carbocycles. The monoisotopic (exact) mass is 368 g/mol. The van der Waals surface area contributed by atoms with Crippen LogP contribution in [0.2, 0.25) is 13.1 Å². The van der Waals surface area contributed by atoms with Crippen molar-refractivity contribution in [3.63, 3.8) is 0 Å². The first-order chi connectivity index (χ1) is 11.9. The van der Waals surface area contributed by atoms with Gasteiger partial charge in [-0.25, -0.2) is 0 Å². The Kier molecular flexibility index (Phi) is 6.99. The lowest BCUT2D eigenvalue weighted by Gasteiger charge is -2.28. The maximum absolute atomic E-state index is 6.31. The Morgan fingerprint density at radius 3 is 2.24 bits per heavy atom. The minimum absolute atomic E-state index is 0.0236. The molecule has 0 aliphatic heterocycles. The molecule has 0 aromatic heterocycles. The van der Waals surface area contributed by atoms with Gasteiger partial charge < -0.3 is 4.43 Å². The molecule has 1 nitrogen and oxygen atoms in total. The van der Waals surface area contributed by atoms with E-state index in [1.165, 1.54) is 21.5 Å². The molecule has 0 unspecified atom stereocenters. The highest BCUT2D eigenvalue weighted by molar-refractivity contribution is 6.70. The molecule has 0 bridgehead atoms. The van der Waals surface area contributed by atoms with Crippen molar-refractivity contribution in [2.75, 3.05) is 0 Å². The van der Waals surface area contributed by atoms with Crippen LogP contribution in [0.1, 0.15) is 44.7 Å². The summed E-state index contributed by atoms with van der Waals surface area (Å²) in [6.07, 6.45) is 2.13. The van der Waals surface area contributed by atoms with Gasteiger partial charge in [0.15, 0.2) is 9.76 Å². The van der Waals surface area contributed by atoms with Crippen molar-refractivity contribution in [1.82, 2.24) is 0 Å². The van der Waals surface area contributed by atoms with E-state index in [1.807, 2.05) is 0 Å². The number of rotatable bonds is 8. The summed E-state index contributed by atoms with van der Waals surface area (Å²) in [5.41, 5.74) is 3.54. The number of hydrogen-bond acceptors (Lipinski definition) is 1. The van der Waals surface area contributed by atoms with Crippen molar-refractivity contribution in [1.29, 1.82) is 0 Å². The normalized spacial score (nSPS) is 12.2. The van der Waals surface area contributed by atoms with Gasteiger partial charge in [-0.2, -0.15) is 0 Å². The van der Waals surface area contributed by atoms with E-state index >= 15 is 0 Å². The van der Waals surface area contributed by atoms with Crippen LogP contribution < -0.4 is 10.4 Å². The molecule has 0 N–H and O–H groups in total. The molecular weight excluding hydrogens is 336 g/mol. The largest absolute Gasteiger partial charge is 0.413 e. The van der Waals surface area contributed by atoms with Crippen LogP contribution in [0.25, 0.3) is 5.57 Å². The molecule has 2 aromatic rings. The second kappa shape index (κ2) is 8.79. The second-order valence-electron chi connectivity index (χ2n) is 7.40. The van der Waals surface area contributed by atoms with Gasteiger partial charge >= 0.3 is 0 Å². The molecule has 0 heterocycles. The van der Waals surface area contributed by atoms with Gasteiger partial charge in [-0.3, -0.25) is 0 Å². The lowest BCUT2D eigenvalue weighted by molar-refractivity contribution is 0.0882. The molecule has 0 atom stereocenters. The Bertz CT molecular complexity index is 700. The summed E-state index contributed by atoms with van der Waals surface area (Å²) >= 11 is 0. The molecule has 0 fully saturated rings. The first-order valence-corrected chi connectivity index (χ1v) is 13.6. The van der Waals surface area contributed by atoms with E-state index < -0.39 is 18.6 Å². The molecule has 134 valence electrons. The molecule has 25 heavy (non-hydrogen) atoms. The zero-order valence-electron chi connectivity index (χ0n) is 16.4. The van der Waals surface area contributed by atoms with Crippen LogP contribution in [0.4, 0.5) is 0 Å². The zero-order valence-corrected chi connectivity index (χ0v) is 19.0. The quantitative estimate of drug-likeness (QED) is 0.645. The van der Waals surface area contributed by atoms with Gasteiger partial charge in [0.25, 0.3) is 0 Å². The molecular formula is C22H32OSi2. The first kappa shape index (κ1) is 19.9. The Morgan fingerprint density at radius 1 is 1.04 bits per heavy atom. The van der Waals surface area contributed by atoms with Crippen LogP contribution in [0.5, 0.6) is 0 Å². The predicted molar refractivity (Wildman–Crippen MR) is 118 cm³/mol. The molecule has 0 saturated heterocycles. The maximum Gasteiger partial charge on any atom is 0.193 e. The van der Waals surface area contributed by atoms with E-state index in [-0.39, 0.29) is 5.60 Å². The van der Waals surface area contributed by atoms with Crippen molar-refractivity contribution in [3.05, 3.63) is 66.2 Å². The summed E-state index contributed by atoms with van der Waals surface area (Å²) in [5.74, 6) is 0. The van der Waals surface area contributed by atoms with Crippen molar-refractivity contribution in [3.8, 4) is 0 Å². The Hall–Kier alpha value is -1.43. The molecule has 0 spiro atoms. The summed E-state index contributed by atoms with van der Waals surface area (Å²) in [5, 5.41) is 2.85. The van der Waals surface area contributed by atoms with Crippen molar-refractivity contribution in [2.24, 2.45) is 0 Å². The highest BCUT2D eigenvalue weighted by atomic mass is 28.3. The molecule has 0 radical (unpaired) electrons. The van der Waals surface area contributed by atoms with E-state index in [0.29, 0.717) is 0 Å². The van der Waals surface area contributed by atoms with Crippen LogP contribution in [0.15, 0.2) is 55.1 Å². The van der Waals surface area contributed by atoms with Crippen LogP contribution in [-0.4, -0.2) is 24.2 Å². The molecule has 2 aromatic carbocycles. The van der Waals surface area contributed by atoms with E-state index in [0.717, 1.165) is 18.4 Å². The average molecular weight is 369 g/mol. The van der Waals surface area contributed by atoms with E-state index in [2.05, 4.69) is 89.0 Å². The van der Waals surface area contributed by atoms with Gasteiger partial charge in [-0.15, -0.1) is 0 Å². The lowest BCUT2D eigenvalue weighted by Crippen LogP contribution is -2.33. The van der Waals surface area contributed by atoms with Gasteiger partial charge in [0.05, 0.1) is 14.4 Å². The zero-order chi connectivity index (χ0) is 18.4. The lowest BCUT2D eigenvalue weighted by atomic mass is 10.00. The second-order valence-corrected chi connectivity index (χ2v) is 11.8. The highest BCUT2D eigenvalue weighted by Crippen LogP contribution is 2.21. The average Bonchev–Trinajstić information content (AvgIpc) is 2.66. The highest BCUT2D eigenvalue weighted by Gasteiger charge is 2.19. The topological polar surface area (TPSA) is 9.23 Å². The fraction of sp³-hybridized carbons (Fsp3) is 0.364. The van der Waals surface area contributed by atoms with Crippen LogP contribution in [0, 0.1) is 0 Å². The smallest absolute Gasteiger partial charge is 0.193 e. The summed E-state index contributed by atoms with van der Waals surface area (Å²) in [7, 11) is -1.46. The Labute approximate surface area is 157 Å². The summed E-state index contributed by atoms with van der Waals surface area (Å²) in [4.78, 5) is 0. The Balaban J connectivity index is 2.13. The van der Waals surface area contributed by atoms with Crippen LogP contribution in [-0.2, 0) is 4.43 Å². The van der Waals surface area contributed by atoms with Crippen molar-refractivity contribution < 1.29 is 4.43 Å². The SMILES string of the molecule is C=C(c1ccc([SiH](C)C)cc1)c1cccc([SiH2]OC(C)(CC)CC)c1. The van der Waals surface area contributed by atoms with Gasteiger partial charge in [0.1, 0.15) is 0 Å². The van der Waals surface area contributed by atoms with Gasteiger partial charge in [0.2, 0.25) is 0 Å². The Morgan fingerprint density at radius 2 is 1.68 bits per heavy atom. The first-order valence-electron chi connectivity index (χ1n) is 9.41. The van der Waals surface area contributed by atoms with Crippen LogP contribution >= 0.6 is 0 Å². The van der Waals surface area contributed by atoms with Crippen LogP contribution in [0.3, 0.4) is 0 Å². The number of benzene rings is 2. The van der Waals surface area contributed by atoms with E-state index in [9.17, 15) is 0 Å². The third-order valence-electron chi connectivity index (χ3n) is 5.28. The molecule has 2 rings (SSSR count). The molecule has 0 amide bonds.